The van der Waals surface area contributed by atoms with Crippen LogP contribution in [0.15, 0.2) is 176 Å². The monoisotopic (exact) mass is 1100 g/mol. The fourth-order valence-corrected chi connectivity index (χ4v) is 11.4. The van der Waals surface area contributed by atoms with Gasteiger partial charge in [0.05, 0.1) is 117 Å². The Morgan fingerprint density at radius 1 is 0.365 bits per heavy atom. The van der Waals surface area contributed by atoms with Crippen molar-refractivity contribution >= 4 is 66.4 Å². The van der Waals surface area contributed by atoms with Gasteiger partial charge in [-0.05, 0) is 160 Å². The van der Waals surface area contributed by atoms with Crippen molar-refractivity contribution in [3.8, 4) is 97.4 Å². The van der Waals surface area contributed by atoms with Gasteiger partial charge in [0.25, 0.3) is 0 Å². The van der Waals surface area contributed by atoms with E-state index in [1.165, 1.54) is 24.3 Å². The Labute approximate surface area is 483 Å². The Hall–Kier alpha value is -13.0. The summed E-state index contributed by atoms with van der Waals surface area (Å²) in [5.41, 5.74) is 9.85. The van der Waals surface area contributed by atoms with E-state index in [9.17, 15) is 26.3 Å². The molecule has 12 aromatic rings. The number of aryl methyl sites for hydroxylation is 1. The molecule has 0 atom stereocenters. The zero-order chi connectivity index (χ0) is 59.4. The zero-order valence-corrected chi connectivity index (χ0v) is 44.3. The molecule has 2 heterocycles. The third-order valence-corrected chi connectivity index (χ3v) is 15.2. The quantitative estimate of drug-likeness (QED) is 0.146. The van der Waals surface area contributed by atoms with E-state index in [1.807, 2.05) is 81.9 Å². The molecule has 0 amide bonds. The standard InChI is InChI=1S/C71H32F3N11/c1-40-22-47(26-51(23-40)71(72,73)74)58-34-69(84-65-18-8-43(54-14-6-41(35-75)24-48(54)37-77)27-59(65)60-28-44(9-19-66(60)84)55-15-7-42(36-76)25-49(55)38-78)50(39-79)31-70(58)85-67-20-10-45(56-16-12-52(80-2)32-63(56)82-4)29-61(67)62-30-46(11-21-68(62)85)57-17-13-53(81-3)33-64(57)83-5/h6-34H,1H3. The minimum absolute atomic E-state index is 0.124. The number of halogens is 3. The van der Waals surface area contributed by atoms with E-state index in [4.69, 9.17) is 26.3 Å². The first-order valence-electron chi connectivity index (χ1n) is 25.9. The predicted octanol–water partition coefficient (Wildman–Crippen LogP) is 19.1. The van der Waals surface area contributed by atoms with Crippen LogP contribution in [-0.2, 0) is 6.18 Å². The maximum Gasteiger partial charge on any atom is 0.416 e. The lowest BCUT2D eigenvalue weighted by Gasteiger charge is -2.20. The van der Waals surface area contributed by atoms with Gasteiger partial charge in [-0.25, -0.2) is 19.4 Å². The smallest absolute Gasteiger partial charge is 0.309 e. The maximum absolute atomic E-state index is 15.1. The number of fused-ring (bicyclic) bond motifs is 6. The maximum atomic E-state index is 15.1. The highest BCUT2D eigenvalue weighted by molar-refractivity contribution is 6.14. The molecule has 0 aliphatic heterocycles. The molecular formula is C71H32F3N11. The Bertz CT molecular complexity index is 5120. The van der Waals surface area contributed by atoms with E-state index in [2.05, 4.69) is 49.7 Å². The number of hydrogen-bond donors (Lipinski definition) is 0. The number of aromatic nitrogens is 2. The van der Waals surface area contributed by atoms with Crippen LogP contribution in [0.5, 0.6) is 0 Å². The molecule has 85 heavy (non-hydrogen) atoms. The van der Waals surface area contributed by atoms with Crippen molar-refractivity contribution in [2.45, 2.75) is 13.1 Å². The minimum Gasteiger partial charge on any atom is -0.309 e. The first kappa shape index (κ1) is 52.7. The molecule has 0 N–H and O–H groups in total. The number of nitrogens with zero attached hydrogens (tertiary/aromatic N) is 11. The van der Waals surface area contributed by atoms with E-state index >= 15 is 13.2 Å². The summed E-state index contributed by atoms with van der Waals surface area (Å²) in [4.78, 5) is 14.6. The normalized spacial score (nSPS) is 11.0. The lowest BCUT2D eigenvalue weighted by molar-refractivity contribution is -0.137. The van der Waals surface area contributed by atoms with Crippen molar-refractivity contribution in [3.05, 3.63) is 261 Å². The first-order chi connectivity index (χ1) is 41.2. The molecule has 0 saturated heterocycles. The van der Waals surface area contributed by atoms with Crippen LogP contribution in [0, 0.1) is 89.9 Å². The fraction of sp³-hybridized carbons (Fsp3) is 0.0282. The summed E-state index contributed by atoms with van der Waals surface area (Å²) >= 11 is 0. The van der Waals surface area contributed by atoms with E-state index in [1.54, 1.807) is 73.7 Å². The first-order valence-corrected chi connectivity index (χ1v) is 25.9. The highest BCUT2D eigenvalue weighted by Crippen LogP contribution is 2.47. The van der Waals surface area contributed by atoms with Crippen LogP contribution in [0.25, 0.3) is 130 Å². The Balaban J connectivity index is 1.18. The van der Waals surface area contributed by atoms with Crippen LogP contribution in [0.4, 0.5) is 35.9 Å². The van der Waals surface area contributed by atoms with Crippen molar-refractivity contribution in [1.82, 2.24) is 9.13 Å². The number of nitriles is 5. The summed E-state index contributed by atoms with van der Waals surface area (Å²) in [7, 11) is 0. The average Bonchev–Trinajstić information content (AvgIpc) is 2.57. The van der Waals surface area contributed by atoms with Crippen molar-refractivity contribution in [1.29, 1.82) is 26.3 Å². The fourth-order valence-electron chi connectivity index (χ4n) is 11.4. The van der Waals surface area contributed by atoms with Crippen molar-refractivity contribution in [2.75, 3.05) is 0 Å². The largest absolute Gasteiger partial charge is 0.416 e. The van der Waals surface area contributed by atoms with Crippen LogP contribution in [0.3, 0.4) is 0 Å². The second-order valence-corrected chi connectivity index (χ2v) is 20.0. The summed E-state index contributed by atoms with van der Waals surface area (Å²) in [6.45, 7) is 32.9. The summed E-state index contributed by atoms with van der Waals surface area (Å²) in [5.74, 6) is 0. The van der Waals surface area contributed by atoms with Gasteiger partial charge in [0.1, 0.15) is 6.07 Å². The van der Waals surface area contributed by atoms with Gasteiger partial charge >= 0.3 is 6.18 Å². The summed E-state index contributed by atoms with van der Waals surface area (Å²) in [5, 5.41) is 54.1. The van der Waals surface area contributed by atoms with Crippen molar-refractivity contribution < 1.29 is 13.2 Å². The molecule has 392 valence electrons. The molecule has 10 aromatic carbocycles. The molecule has 0 bridgehead atoms. The van der Waals surface area contributed by atoms with Crippen LogP contribution < -0.4 is 0 Å². The van der Waals surface area contributed by atoms with Crippen molar-refractivity contribution in [3.63, 3.8) is 0 Å². The zero-order valence-electron chi connectivity index (χ0n) is 44.3. The lowest BCUT2D eigenvalue weighted by atomic mass is 9.95. The summed E-state index contributed by atoms with van der Waals surface area (Å²) < 4.78 is 49.0. The molecule has 0 radical (unpaired) electrons. The van der Waals surface area contributed by atoms with Crippen molar-refractivity contribution in [2.24, 2.45) is 0 Å². The van der Waals surface area contributed by atoms with Crippen LogP contribution in [0.2, 0.25) is 0 Å². The molecule has 0 aliphatic rings. The molecule has 11 nitrogen and oxygen atoms in total. The highest BCUT2D eigenvalue weighted by atomic mass is 19.4. The van der Waals surface area contributed by atoms with Gasteiger partial charge in [0, 0.05) is 27.1 Å². The Morgan fingerprint density at radius 3 is 1.16 bits per heavy atom. The molecule has 14 heteroatoms. The van der Waals surface area contributed by atoms with Gasteiger partial charge in [-0.2, -0.15) is 39.5 Å². The third kappa shape index (κ3) is 8.89. The Kier molecular flexibility index (Phi) is 12.8. The van der Waals surface area contributed by atoms with Gasteiger partial charge in [-0.1, -0.05) is 78.9 Å². The van der Waals surface area contributed by atoms with Gasteiger partial charge < -0.3 is 9.13 Å². The van der Waals surface area contributed by atoms with Gasteiger partial charge in [-0.3, -0.25) is 0 Å². The van der Waals surface area contributed by atoms with E-state index in [0.717, 1.165) is 12.1 Å². The summed E-state index contributed by atoms with van der Waals surface area (Å²) in [6, 6.07) is 59.8. The van der Waals surface area contributed by atoms with E-state index in [0.29, 0.717) is 122 Å². The molecule has 0 fully saturated rings. The second kappa shape index (κ2) is 20.6. The van der Waals surface area contributed by atoms with Gasteiger partial charge in [0.15, 0.2) is 22.7 Å². The SMILES string of the molecule is [C-]#[N+]c1ccc(-c2ccc3c(c2)c2cc(-c4ccc([N+]#[C-])cc4[N+]#[C-])ccc2n3-c2cc(C#N)c(-n3c4ccc(-c5ccc(C#N)cc5C#N)cc4c4cc(-c5ccc(C#N)cc5C#N)ccc43)cc2-c2cc(C)cc(C(F)(F)F)c2)c([N+]#[C-])c1. The summed E-state index contributed by atoms with van der Waals surface area (Å²) in [6.07, 6.45) is -4.76. The molecule has 0 saturated carbocycles. The third-order valence-electron chi connectivity index (χ3n) is 15.2. The molecule has 0 aliphatic carbocycles. The van der Waals surface area contributed by atoms with Crippen LogP contribution in [0.1, 0.15) is 38.9 Å². The predicted molar refractivity (Wildman–Crippen MR) is 321 cm³/mol. The van der Waals surface area contributed by atoms with Crippen LogP contribution in [-0.4, -0.2) is 9.13 Å². The van der Waals surface area contributed by atoms with Crippen LogP contribution >= 0.6 is 0 Å². The topological polar surface area (TPSA) is 146 Å². The molecule has 0 unspecified atom stereocenters. The molecule has 0 spiro atoms. The molecule has 12 rings (SSSR count). The Morgan fingerprint density at radius 2 is 0.776 bits per heavy atom. The number of hydrogen-bond acceptors (Lipinski definition) is 5. The van der Waals surface area contributed by atoms with E-state index < -0.39 is 11.7 Å². The van der Waals surface area contributed by atoms with E-state index in [-0.39, 0.29) is 45.0 Å². The number of alkyl halides is 3. The second-order valence-electron chi connectivity index (χ2n) is 20.0. The van der Waals surface area contributed by atoms with Gasteiger partial charge in [-0.15, -0.1) is 0 Å². The van der Waals surface area contributed by atoms with Gasteiger partial charge in [0.2, 0.25) is 0 Å². The lowest BCUT2D eigenvalue weighted by Crippen LogP contribution is -2.07. The number of benzene rings is 10. The minimum atomic E-state index is -4.76. The number of rotatable bonds is 7. The average molecular weight is 1100 g/mol. The molecular weight excluding hydrogens is 1060 g/mol. The molecule has 2 aromatic heterocycles. The highest BCUT2D eigenvalue weighted by Gasteiger charge is 2.32.